The predicted octanol–water partition coefficient (Wildman–Crippen LogP) is 0.956. The lowest BCUT2D eigenvalue weighted by Crippen LogP contribution is -2.14. The first kappa shape index (κ1) is 6.28. The maximum atomic E-state index is 3.33. The molecule has 2 nitrogen and oxygen atoms in total. The minimum atomic E-state index is 1.11. The molecule has 0 fully saturated rings. The molecule has 1 N–H and O–H groups in total. The van der Waals surface area contributed by atoms with Crippen LogP contribution in [-0.2, 0) is 0 Å². The summed E-state index contributed by atoms with van der Waals surface area (Å²) >= 11 is 1.89. The van der Waals surface area contributed by atoms with Crippen LogP contribution in [0.15, 0.2) is 11.9 Å². The Morgan fingerprint density at radius 3 is 3.10 bits per heavy atom. The molecule has 0 unspecified atom stereocenters. The SMILES string of the molecule is C1=C([N+]2=CCCS2)NCC1. The summed E-state index contributed by atoms with van der Waals surface area (Å²) < 4.78 is 2.24. The zero-order chi connectivity index (χ0) is 6.81. The van der Waals surface area contributed by atoms with E-state index in [0.717, 1.165) is 6.54 Å². The van der Waals surface area contributed by atoms with Crippen molar-refractivity contribution in [3.63, 3.8) is 0 Å². The fourth-order valence-electron chi connectivity index (χ4n) is 1.19. The average molecular weight is 155 g/mol. The van der Waals surface area contributed by atoms with E-state index in [1.54, 1.807) is 0 Å². The normalized spacial score (nSPS) is 24.0. The van der Waals surface area contributed by atoms with Gasteiger partial charge in [-0.25, -0.2) is 0 Å². The first-order valence-electron chi connectivity index (χ1n) is 3.66. The Balaban J connectivity index is 2.10. The van der Waals surface area contributed by atoms with Crippen molar-refractivity contribution in [1.82, 2.24) is 5.32 Å². The number of hydrogen-bond acceptors (Lipinski definition) is 2. The van der Waals surface area contributed by atoms with E-state index in [1.807, 2.05) is 11.9 Å². The molecule has 2 aliphatic heterocycles. The van der Waals surface area contributed by atoms with Gasteiger partial charge < -0.3 is 0 Å². The molecular formula is C7H11N2S+. The van der Waals surface area contributed by atoms with Crippen molar-refractivity contribution < 1.29 is 3.98 Å². The third kappa shape index (κ3) is 1.06. The van der Waals surface area contributed by atoms with E-state index in [2.05, 4.69) is 21.6 Å². The van der Waals surface area contributed by atoms with Crippen LogP contribution in [0.4, 0.5) is 0 Å². The average Bonchev–Trinajstić information content (AvgIpc) is 2.59. The molecule has 0 aromatic heterocycles. The lowest BCUT2D eigenvalue weighted by molar-refractivity contribution is -0.283. The minimum Gasteiger partial charge on any atom is -0.273 e. The second-order valence-electron chi connectivity index (χ2n) is 2.44. The van der Waals surface area contributed by atoms with Gasteiger partial charge in [0, 0.05) is 24.7 Å². The maximum absolute atomic E-state index is 3.33. The molecule has 0 saturated carbocycles. The van der Waals surface area contributed by atoms with E-state index in [4.69, 9.17) is 0 Å². The highest BCUT2D eigenvalue weighted by Gasteiger charge is 2.18. The lowest BCUT2D eigenvalue weighted by Gasteiger charge is -1.95. The zero-order valence-electron chi connectivity index (χ0n) is 5.84. The van der Waals surface area contributed by atoms with E-state index in [0.29, 0.717) is 0 Å². The monoisotopic (exact) mass is 155 g/mol. The second kappa shape index (κ2) is 2.66. The van der Waals surface area contributed by atoms with Gasteiger partial charge >= 0.3 is 0 Å². The Hall–Kier alpha value is -0.440. The van der Waals surface area contributed by atoms with E-state index in [1.165, 1.54) is 24.4 Å². The van der Waals surface area contributed by atoms with Crippen LogP contribution in [0.3, 0.4) is 0 Å². The largest absolute Gasteiger partial charge is 0.281 e. The quantitative estimate of drug-likeness (QED) is 0.448. The highest BCUT2D eigenvalue weighted by atomic mass is 32.2. The molecular weight excluding hydrogens is 144 g/mol. The van der Waals surface area contributed by atoms with Gasteiger partial charge in [-0.2, -0.15) is 3.98 Å². The number of rotatable bonds is 1. The van der Waals surface area contributed by atoms with Gasteiger partial charge in [0.1, 0.15) is 0 Å². The van der Waals surface area contributed by atoms with Crippen molar-refractivity contribution in [3.8, 4) is 0 Å². The first-order chi connectivity index (χ1) is 4.97. The van der Waals surface area contributed by atoms with E-state index in [-0.39, 0.29) is 0 Å². The highest BCUT2D eigenvalue weighted by Crippen LogP contribution is 2.17. The third-order valence-electron chi connectivity index (χ3n) is 1.67. The van der Waals surface area contributed by atoms with Crippen LogP contribution in [0.25, 0.3) is 0 Å². The first-order valence-corrected chi connectivity index (χ1v) is 4.60. The zero-order valence-corrected chi connectivity index (χ0v) is 6.66. The van der Waals surface area contributed by atoms with Crippen molar-refractivity contribution in [3.05, 3.63) is 11.9 Å². The van der Waals surface area contributed by atoms with Crippen LogP contribution in [0.1, 0.15) is 12.8 Å². The van der Waals surface area contributed by atoms with Crippen LogP contribution >= 0.6 is 11.9 Å². The molecule has 0 amide bonds. The summed E-state index contributed by atoms with van der Waals surface area (Å²) in [5.41, 5.74) is 0. The van der Waals surface area contributed by atoms with Crippen molar-refractivity contribution in [2.75, 3.05) is 12.3 Å². The smallest absolute Gasteiger partial charge is 0.273 e. The summed E-state index contributed by atoms with van der Waals surface area (Å²) in [6, 6.07) is 0. The van der Waals surface area contributed by atoms with Crippen molar-refractivity contribution in [1.29, 1.82) is 0 Å². The molecule has 0 spiro atoms. The summed E-state index contributed by atoms with van der Waals surface area (Å²) in [4.78, 5) is 0. The van der Waals surface area contributed by atoms with Crippen molar-refractivity contribution in [2.45, 2.75) is 12.8 Å². The molecule has 0 radical (unpaired) electrons. The summed E-state index contributed by atoms with van der Waals surface area (Å²) in [6.07, 6.45) is 6.90. The minimum absolute atomic E-state index is 1.11. The second-order valence-corrected chi connectivity index (χ2v) is 3.49. The van der Waals surface area contributed by atoms with Gasteiger partial charge in [0.2, 0.25) is 0 Å². The molecule has 0 bridgehead atoms. The Kier molecular flexibility index (Phi) is 1.67. The molecule has 0 atom stereocenters. The molecule has 0 aromatic rings. The summed E-state index contributed by atoms with van der Waals surface area (Å²) in [6.45, 7) is 1.11. The van der Waals surface area contributed by atoms with Crippen LogP contribution in [0.2, 0.25) is 0 Å². The summed E-state index contributed by atoms with van der Waals surface area (Å²) in [5.74, 6) is 2.53. The lowest BCUT2D eigenvalue weighted by atomic mass is 10.5. The van der Waals surface area contributed by atoms with Gasteiger partial charge in [0.25, 0.3) is 5.82 Å². The molecule has 10 heavy (non-hydrogen) atoms. The Labute approximate surface area is 65.1 Å². The fourth-order valence-corrected chi connectivity index (χ4v) is 2.09. The van der Waals surface area contributed by atoms with Gasteiger partial charge in [0.05, 0.1) is 24.7 Å². The molecule has 2 rings (SSSR count). The van der Waals surface area contributed by atoms with E-state index >= 15 is 0 Å². The van der Waals surface area contributed by atoms with Gasteiger partial charge in [-0.3, -0.25) is 5.32 Å². The summed E-state index contributed by atoms with van der Waals surface area (Å²) in [7, 11) is 0. The summed E-state index contributed by atoms with van der Waals surface area (Å²) in [5, 5.41) is 3.33. The molecule has 0 aromatic carbocycles. The number of hydrogen-bond donors (Lipinski definition) is 1. The van der Waals surface area contributed by atoms with E-state index < -0.39 is 0 Å². The Bertz CT molecular complexity index is 174. The molecule has 0 saturated heterocycles. The molecule has 0 aliphatic carbocycles. The standard InChI is InChI=1S/C7H11N2S/c1-3-7(8-4-1)9-5-2-6-10-9/h3,5,8H,1-2,4,6H2/q+1. The maximum Gasteiger partial charge on any atom is 0.281 e. The third-order valence-corrected chi connectivity index (χ3v) is 2.71. The van der Waals surface area contributed by atoms with Gasteiger partial charge in [-0.05, 0) is 0 Å². The molecule has 54 valence electrons. The number of nitrogens with zero attached hydrogens (tertiary/aromatic N) is 1. The molecule has 2 heterocycles. The van der Waals surface area contributed by atoms with Gasteiger partial charge in [-0.15, -0.1) is 0 Å². The van der Waals surface area contributed by atoms with E-state index in [9.17, 15) is 0 Å². The fraction of sp³-hybridized carbons (Fsp3) is 0.571. The van der Waals surface area contributed by atoms with Crippen molar-refractivity contribution in [2.24, 2.45) is 0 Å². The Morgan fingerprint density at radius 2 is 2.50 bits per heavy atom. The molecule has 2 aliphatic rings. The van der Waals surface area contributed by atoms with Crippen LogP contribution in [0.5, 0.6) is 0 Å². The Morgan fingerprint density at radius 1 is 1.50 bits per heavy atom. The highest BCUT2D eigenvalue weighted by molar-refractivity contribution is 7.93. The number of nitrogens with one attached hydrogen (secondary N) is 1. The van der Waals surface area contributed by atoms with Crippen LogP contribution in [-0.4, -0.2) is 22.5 Å². The van der Waals surface area contributed by atoms with Gasteiger partial charge in [0.15, 0.2) is 0 Å². The topological polar surface area (TPSA) is 15.0 Å². The predicted molar refractivity (Wildman–Crippen MR) is 44.1 cm³/mol. The van der Waals surface area contributed by atoms with Crippen molar-refractivity contribution >= 4 is 18.2 Å². The van der Waals surface area contributed by atoms with Crippen LogP contribution < -0.4 is 5.32 Å². The van der Waals surface area contributed by atoms with Gasteiger partial charge in [-0.1, -0.05) is 0 Å². The molecule has 3 heteroatoms. The van der Waals surface area contributed by atoms with Crippen LogP contribution in [0, 0.1) is 0 Å².